The van der Waals surface area contributed by atoms with Crippen LogP contribution in [0.5, 0.6) is 0 Å². The third-order valence-corrected chi connectivity index (χ3v) is 3.64. The van der Waals surface area contributed by atoms with Crippen LogP contribution < -0.4 is 0 Å². The molecule has 2 rings (SSSR count). The van der Waals surface area contributed by atoms with Gasteiger partial charge < -0.3 is 9.52 Å². The fraction of sp³-hybridized carbons (Fsp3) is 0.692. The monoisotopic (exact) mass is 208 g/mol. The maximum atomic E-state index is 10.5. The van der Waals surface area contributed by atoms with E-state index in [4.69, 9.17) is 4.42 Å². The molecule has 84 valence electrons. The summed E-state index contributed by atoms with van der Waals surface area (Å²) in [6.45, 7) is 4.56. The highest BCUT2D eigenvalue weighted by Gasteiger charge is 2.36. The van der Waals surface area contributed by atoms with Crippen molar-refractivity contribution in [1.29, 1.82) is 0 Å². The molecule has 0 amide bonds. The zero-order valence-corrected chi connectivity index (χ0v) is 9.62. The van der Waals surface area contributed by atoms with E-state index < -0.39 is 5.60 Å². The van der Waals surface area contributed by atoms with Gasteiger partial charge in [0.25, 0.3) is 0 Å². The van der Waals surface area contributed by atoms with Gasteiger partial charge in [-0.2, -0.15) is 0 Å². The summed E-state index contributed by atoms with van der Waals surface area (Å²) in [5.41, 5.74) is -0.367. The van der Waals surface area contributed by atoms with Crippen LogP contribution in [0.1, 0.15) is 51.7 Å². The van der Waals surface area contributed by atoms with Crippen molar-refractivity contribution < 1.29 is 9.52 Å². The molecule has 1 heterocycles. The van der Waals surface area contributed by atoms with Gasteiger partial charge >= 0.3 is 0 Å². The molecule has 1 aromatic heterocycles. The summed E-state index contributed by atoms with van der Waals surface area (Å²) >= 11 is 0. The Balaban J connectivity index is 2.17. The van der Waals surface area contributed by atoms with E-state index in [-0.39, 0.29) is 0 Å². The molecule has 2 nitrogen and oxygen atoms in total. The van der Waals surface area contributed by atoms with Crippen molar-refractivity contribution in [3.8, 4) is 0 Å². The van der Waals surface area contributed by atoms with Gasteiger partial charge in [0.1, 0.15) is 11.4 Å². The Morgan fingerprint density at radius 2 is 2.00 bits per heavy atom. The first kappa shape index (κ1) is 10.7. The van der Waals surface area contributed by atoms with E-state index >= 15 is 0 Å². The molecule has 1 saturated carbocycles. The van der Waals surface area contributed by atoms with Gasteiger partial charge in [-0.25, -0.2) is 0 Å². The Morgan fingerprint density at radius 1 is 1.20 bits per heavy atom. The Morgan fingerprint density at radius 3 is 2.67 bits per heavy atom. The molecule has 1 atom stereocenters. The third kappa shape index (κ3) is 2.25. The third-order valence-electron chi connectivity index (χ3n) is 3.64. The molecular weight excluding hydrogens is 188 g/mol. The summed E-state index contributed by atoms with van der Waals surface area (Å²) in [6, 6.07) is 3.74. The van der Waals surface area contributed by atoms with Crippen molar-refractivity contribution >= 4 is 0 Å². The molecule has 0 aliphatic heterocycles. The van der Waals surface area contributed by atoms with Gasteiger partial charge in [0.2, 0.25) is 0 Å². The molecule has 1 aliphatic carbocycles. The zero-order chi connectivity index (χ0) is 10.9. The smallest absolute Gasteiger partial charge is 0.135 e. The van der Waals surface area contributed by atoms with Crippen LogP contribution >= 0.6 is 0 Å². The predicted octanol–water partition coefficient (Wildman–Crippen LogP) is 3.46. The second-order valence-corrected chi connectivity index (χ2v) is 5.53. The minimum atomic E-state index is -0.725. The van der Waals surface area contributed by atoms with Gasteiger partial charge in [-0.3, -0.25) is 0 Å². The SMILES string of the molecule is CC1(C)CCCC(O)(c2ccco2)CC1. The number of hydrogen-bond donors (Lipinski definition) is 1. The molecule has 1 unspecified atom stereocenters. The van der Waals surface area contributed by atoms with Gasteiger partial charge in [0.15, 0.2) is 0 Å². The van der Waals surface area contributed by atoms with Gasteiger partial charge in [0, 0.05) is 0 Å². The van der Waals surface area contributed by atoms with E-state index in [0.29, 0.717) is 5.41 Å². The quantitative estimate of drug-likeness (QED) is 0.717. The molecule has 1 aliphatic rings. The van der Waals surface area contributed by atoms with E-state index in [0.717, 1.165) is 31.4 Å². The minimum absolute atomic E-state index is 0.358. The van der Waals surface area contributed by atoms with E-state index in [2.05, 4.69) is 13.8 Å². The van der Waals surface area contributed by atoms with E-state index in [1.807, 2.05) is 12.1 Å². The summed E-state index contributed by atoms with van der Waals surface area (Å²) in [5, 5.41) is 10.5. The normalized spacial score (nSPS) is 31.1. The van der Waals surface area contributed by atoms with Crippen LogP contribution in [0.3, 0.4) is 0 Å². The lowest BCUT2D eigenvalue weighted by molar-refractivity contribution is -0.00256. The predicted molar refractivity (Wildman–Crippen MR) is 59.5 cm³/mol. The van der Waals surface area contributed by atoms with Gasteiger partial charge in [-0.1, -0.05) is 13.8 Å². The van der Waals surface area contributed by atoms with Gasteiger partial charge in [0.05, 0.1) is 6.26 Å². The van der Waals surface area contributed by atoms with E-state index in [9.17, 15) is 5.11 Å². The molecule has 1 fully saturated rings. The first-order valence-electron chi connectivity index (χ1n) is 5.78. The fourth-order valence-electron chi connectivity index (χ4n) is 2.44. The molecule has 1 aromatic rings. The van der Waals surface area contributed by atoms with Crippen molar-refractivity contribution in [3.05, 3.63) is 24.2 Å². The van der Waals surface area contributed by atoms with Crippen LogP contribution in [0.2, 0.25) is 0 Å². The highest BCUT2D eigenvalue weighted by atomic mass is 16.4. The van der Waals surface area contributed by atoms with Crippen molar-refractivity contribution in [3.63, 3.8) is 0 Å². The molecular formula is C13H20O2. The minimum Gasteiger partial charge on any atom is -0.466 e. The Hall–Kier alpha value is -0.760. The summed E-state index contributed by atoms with van der Waals surface area (Å²) in [6.07, 6.45) is 6.60. The summed E-state index contributed by atoms with van der Waals surface area (Å²) < 4.78 is 5.35. The first-order chi connectivity index (χ1) is 7.02. The largest absolute Gasteiger partial charge is 0.466 e. The number of rotatable bonds is 1. The lowest BCUT2D eigenvalue weighted by atomic mass is 9.84. The Labute approximate surface area is 91.3 Å². The first-order valence-corrected chi connectivity index (χ1v) is 5.78. The maximum Gasteiger partial charge on any atom is 0.135 e. The molecule has 1 N–H and O–H groups in total. The van der Waals surface area contributed by atoms with Crippen molar-refractivity contribution in [2.75, 3.05) is 0 Å². The topological polar surface area (TPSA) is 33.4 Å². The molecule has 2 heteroatoms. The average molecular weight is 208 g/mol. The maximum absolute atomic E-state index is 10.5. The number of furan rings is 1. The van der Waals surface area contributed by atoms with E-state index in [1.165, 1.54) is 6.42 Å². The van der Waals surface area contributed by atoms with Gasteiger partial charge in [-0.05, 0) is 49.7 Å². The molecule has 0 radical (unpaired) electrons. The highest BCUT2D eigenvalue weighted by molar-refractivity contribution is 5.10. The van der Waals surface area contributed by atoms with Crippen LogP contribution in [0, 0.1) is 5.41 Å². The fourth-order valence-corrected chi connectivity index (χ4v) is 2.44. The Kier molecular flexibility index (Phi) is 2.63. The standard InChI is InChI=1S/C13H20O2/c1-12(2)6-4-7-13(14,9-8-12)11-5-3-10-15-11/h3,5,10,14H,4,6-9H2,1-2H3. The molecule has 0 bridgehead atoms. The lowest BCUT2D eigenvalue weighted by Crippen LogP contribution is -2.24. The van der Waals surface area contributed by atoms with Crippen LogP contribution in [0.15, 0.2) is 22.8 Å². The average Bonchev–Trinajstić information content (AvgIpc) is 2.64. The van der Waals surface area contributed by atoms with Crippen molar-refractivity contribution in [2.45, 2.75) is 51.6 Å². The van der Waals surface area contributed by atoms with Crippen molar-refractivity contribution in [1.82, 2.24) is 0 Å². The summed E-state index contributed by atoms with van der Waals surface area (Å²) in [7, 11) is 0. The second-order valence-electron chi connectivity index (χ2n) is 5.53. The Bertz CT molecular complexity index is 313. The molecule has 0 aromatic carbocycles. The lowest BCUT2D eigenvalue weighted by Gasteiger charge is -2.25. The van der Waals surface area contributed by atoms with Gasteiger partial charge in [-0.15, -0.1) is 0 Å². The number of hydrogen-bond acceptors (Lipinski definition) is 2. The molecule has 0 spiro atoms. The van der Waals surface area contributed by atoms with Crippen LogP contribution in [-0.4, -0.2) is 5.11 Å². The summed E-state index contributed by atoms with van der Waals surface area (Å²) in [4.78, 5) is 0. The zero-order valence-electron chi connectivity index (χ0n) is 9.62. The van der Waals surface area contributed by atoms with Crippen molar-refractivity contribution in [2.24, 2.45) is 5.41 Å². The highest BCUT2D eigenvalue weighted by Crippen LogP contribution is 2.42. The second kappa shape index (κ2) is 3.67. The summed E-state index contributed by atoms with van der Waals surface area (Å²) in [5.74, 6) is 0.736. The number of aliphatic hydroxyl groups is 1. The van der Waals surface area contributed by atoms with Crippen LogP contribution in [0.4, 0.5) is 0 Å². The molecule has 15 heavy (non-hydrogen) atoms. The van der Waals surface area contributed by atoms with Crippen LogP contribution in [0.25, 0.3) is 0 Å². The van der Waals surface area contributed by atoms with Crippen LogP contribution in [-0.2, 0) is 5.60 Å². The molecule has 0 saturated heterocycles. The van der Waals surface area contributed by atoms with E-state index in [1.54, 1.807) is 6.26 Å².